The maximum absolute atomic E-state index is 12.8. The van der Waals surface area contributed by atoms with Crippen LogP contribution in [0.15, 0.2) is 21.3 Å². The van der Waals surface area contributed by atoms with Crippen molar-refractivity contribution in [2.75, 3.05) is 0 Å². The Kier molecular flexibility index (Phi) is 1.27. The Balaban J connectivity index is 2.99. The van der Waals surface area contributed by atoms with E-state index in [0.717, 1.165) is 6.07 Å². The lowest BCUT2D eigenvalue weighted by Crippen LogP contribution is -1.94. The van der Waals surface area contributed by atoms with Gasteiger partial charge in [0.1, 0.15) is 5.52 Å². The highest BCUT2D eigenvalue weighted by molar-refractivity contribution is 5.72. The van der Waals surface area contributed by atoms with Gasteiger partial charge in [0.2, 0.25) is 0 Å². The van der Waals surface area contributed by atoms with E-state index in [1.807, 2.05) is 4.98 Å². The zero-order valence-electron chi connectivity index (χ0n) is 5.73. The van der Waals surface area contributed by atoms with Gasteiger partial charge < -0.3 is 4.42 Å². The zero-order valence-corrected chi connectivity index (χ0v) is 5.73. The van der Waals surface area contributed by atoms with E-state index in [9.17, 15) is 13.6 Å². The summed E-state index contributed by atoms with van der Waals surface area (Å²) >= 11 is 0. The number of H-pyrrole nitrogens is 1. The lowest BCUT2D eigenvalue weighted by Gasteiger charge is -1.90. The topological polar surface area (TPSA) is 46.0 Å². The SMILES string of the molecule is O=c1[nH]c2c(F)c(F)ccc2o1. The fourth-order valence-corrected chi connectivity index (χ4v) is 0.962. The first kappa shape index (κ1) is 7.02. The molecular weight excluding hydrogens is 168 g/mol. The van der Waals surface area contributed by atoms with E-state index >= 15 is 0 Å². The number of hydrogen-bond donors (Lipinski definition) is 1. The van der Waals surface area contributed by atoms with Gasteiger partial charge in [-0.1, -0.05) is 0 Å². The Morgan fingerprint density at radius 1 is 1.33 bits per heavy atom. The molecule has 2 aromatic rings. The molecule has 62 valence electrons. The van der Waals surface area contributed by atoms with Crippen molar-refractivity contribution >= 4 is 11.1 Å². The van der Waals surface area contributed by atoms with Crippen LogP contribution in [0.3, 0.4) is 0 Å². The van der Waals surface area contributed by atoms with Crippen molar-refractivity contribution in [2.45, 2.75) is 0 Å². The molecule has 12 heavy (non-hydrogen) atoms. The first-order chi connectivity index (χ1) is 5.68. The van der Waals surface area contributed by atoms with Gasteiger partial charge in [-0.15, -0.1) is 0 Å². The van der Waals surface area contributed by atoms with E-state index in [-0.39, 0.29) is 11.1 Å². The lowest BCUT2D eigenvalue weighted by atomic mass is 10.3. The number of hydrogen-bond acceptors (Lipinski definition) is 2. The van der Waals surface area contributed by atoms with Gasteiger partial charge >= 0.3 is 5.76 Å². The second kappa shape index (κ2) is 2.17. The number of oxazole rings is 1. The van der Waals surface area contributed by atoms with E-state index in [1.165, 1.54) is 6.07 Å². The van der Waals surface area contributed by atoms with E-state index in [4.69, 9.17) is 0 Å². The Morgan fingerprint density at radius 2 is 2.08 bits per heavy atom. The summed E-state index contributed by atoms with van der Waals surface area (Å²) in [5.74, 6) is -2.91. The summed E-state index contributed by atoms with van der Waals surface area (Å²) in [7, 11) is 0. The average molecular weight is 171 g/mol. The molecule has 0 saturated heterocycles. The predicted molar refractivity (Wildman–Crippen MR) is 36.8 cm³/mol. The highest BCUT2D eigenvalue weighted by atomic mass is 19.2. The molecular formula is C7H3F2NO2. The molecule has 3 nitrogen and oxygen atoms in total. The van der Waals surface area contributed by atoms with Gasteiger partial charge in [0.15, 0.2) is 17.2 Å². The summed E-state index contributed by atoms with van der Waals surface area (Å²) in [6.45, 7) is 0. The minimum atomic E-state index is -1.10. The molecule has 0 fully saturated rings. The fourth-order valence-electron chi connectivity index (χ4n) is 0.962. The number of rotatable bonds is 0. The third-order valence-electron chi connectivity index (χ3n) is 1.49. The van der Waals surface area contributed by atoms with Gasteiger partial charge in [-0.05, 0) is 12.1 Å². The van der Waals surface area contributed by atoms with Crippen LogP contribution in [0, 0.1) is 11.6 Å². The van der Waals surface area contributed by atoms with Crippen molar-refractivity contribution in [3.8, 4) is 0 Å². The van der Waals surface area contributed by atoms with Gasteiger partial charge in [-0.2, -0.15) is 0 Å². The van der Waals surface area contributed by atoms with E-state index < -0.39 is 17.4 Å². The number of aromatic amines is 1. The van der Waals surface area contributed by atoms with Crippen LogP contribution in [-0.2, 0) is 0 Å². The molecule has 0 radical (unpaired) electrons. The summed E-state index contributed by atoms with van der Waals surface area (Å²) in [6, 6.07) is 2.08. The van der Waals surface area contributed by atoms with E-state index in [2.05, 4.69) is 4.42 Å². The lowest BCUT2D eigenvalue weighted by molar-refractivity contribution is 0.514. The molecule has 0 aliphatic rings. The van der Waals surface area contributed by atoms with Crippen LogP contribution in [0.4, 0.5) is 8.78 Å². The molecule has 0 bridgehead atoms. The molecule has 1 aromatic heterocycles. The smallest absolute Gasteiger partial charge is 0.408 e. The Morgan fingerprint density at radius 3 is 2.83 bits per heavy atom. The molecule has 0 atom stereocenters. The van der Waals surface area contributed by atoms with Crippen LogP contribution in [0.2, 0.25) is 0 Å². The van der Waals surface area contributed by atoms with Crippen LogP contribution in [0.25, 0.3) is 11.1 Å². The van der Waals surface area contributed by atoms with Crippen molar-refractivity contribution in [1.82, 2.24) is 4.98 Å². The molecule has 1 N–H and O–H groups in total. The normalized spacial score (nSPS) is 10.8. The minimum absolute atomic E-state index is 0.0129. The molecule has 0 aliphatic heterocycles. The number of fused-ring (bicyclic) bond motifs is 1. The fraction of sp³-hybridized carbons (Fsp3) is 0. The molecule has 5 heteroatoms. The zero-order chi connectivity index (χ0) is 8.72. The number of benzene rings is 1. The maximum atomic E-state index is 12.8. The van der Waals surface area contributed by atoms with Crippen LogP contribution in [-0.4, -0.2) is 4.98 Å². The summed E-state index contributed by atoms with van der Waals surface area (Å²) in [4.78, 5) is 12.6. The summed E-state index contributed by atoms with van der Waals surface area (Å²) in [6.07, 6.45) is 0. The third-order valence-corrected chi connectivity index (χ3v) is 1.49. The van der Waals surface area contributed by atoms with Crippen molar-refractivity contribution < 1.29 is 13.2 Å². The second-order valence-corrected chi connectivity index (χ2v) is 2.25. The van der Waals surface area contributed by atoms with E-state index in [0.29, 0.717) is 0 Å². The number of halogens is 2. The molecule has 1 aromatic carbocycles. The molecule has 1 heterocycles. The van der Waals surface area contributed by atoms with Crippen LogP contribution in [0.1, 0.15) is 0 Å². The largest absolute Gasteiger partial charge is 0.417 e. The highest BCUT2D eigenvalue weighted by Gasteiger charge is 2.10. The van der Waals surface area contributed by atoms with Gasteiger partial charge in [0.25, 0.3) is 0 Å². The van der Waals surface area contributed by atoms with E-state index in [1.54, 1.807) is 0 Å². The summed E-state index contributed by atoms with van der Waals surface area (Å²) in [5, 5.41) is 0. The first-order valence-corrected chi connectivity index (χ1v) is 3.15. The molecule has 0 amide bonds. The molecule has 0 spiro atoms. The Bertz CT molecular complexity index is 486. The van der Waals surface area contributed by atoms with Crippen molar-refractivity contribution in [2.24, 2.45) is 0 Å². The van der Waals surface area contributed by atoms with Crippen molar-refractivity contribution in [3.63, 3.8) is 0 Å². The van der Waals surface area contributed by atoms with Gasteiger partial charge in [0, 0.05) is 0 Å². The monoisotopic (exact) mass is 171 g/mol. The summed E-state index contributed by atoms with van der Waals surface area (Å²) < 4.78 is 29.8. The van der Waals surface area contributed by atoms with Crippen molar-refractivity contribution in [1.29, 1.82) is 0 Å². The highest BCUT2D eigenvalue weighted by Crippen LogP contribution is 2.16. The number of aromatic nitrogens is 1. The van der Waals surface area contributed by atoms with Crippen molar-refractivity contribution in [3.05, 3.63) is 34.3 Å². The van der Waals surface area contributed by atoms with Gasteiger partial charge in [0.05, 0.1) is 0 Å². The number of nitrogens with one attached hydrogen (secondary N) is 1. The van der Waals surface area contributed by atoms with Crippen LogP contribution in [0.5, 0.6) is 0 Å². The minimum Gasteiger partial charge on any atom is -0.408 e. The Labute approximate surface area is 64.6 Å². The van der Waals surface area contributed by atoms with Crippen LogP contribution >= 0.6 is 0 Å². The maximum Gasteiger partial charge on any atom is 0.417 e. The van der Waals surface area contributed by atoms with Gasteiger partial charge in [-0.3, -0.25) is 4.98 Å². The average Bonchev–Trinajstić information content (AvgIpc) is 2.39. The predicted octanol–water partition coefficient (Wildman–Crippen LogP) is 1.40. The second-order valence-electron chi connectivity index (χ2n) is 2.25. The summed E-state index contributed by atoms with van der Waals surface area (Å²) in [5.41, 5.74) is -0.223. The molecule has 2 rings (SSSR count). The van der Waals surface area contributed by atoms with Crippen LogP contribution < -0.4 is 5.76 Å². The van der Waals surface area contributed by atoms with Gasteiger partial charge in [-0.25, -0.2) is 13.6 Å². The standard InChI is InChI=1S/C7H3F2NO2/c8-3-1-2-4-6(5(3)9)10-7(11)12-4/h1-2H,(H,10,11). The quantitative estimate of drug-likeness (QED) is 0.651. The molecule has 0 unspecified atom stereocenters. The Hall–Kier alpha value is -1.65. The molecule has 0 aliphatic carbocycles. The molecule has 0 saturated carbocycles. The third kappa shape index (κ3) is 0.827. The first-order valence-electron chi connectivity index (χ1n) is 3.15.